The number of carbonyl (C=O) groups is 3. The van der Waals surface area contributed by atoms with Gasteiger partial charge in [-0.2, -0.15) is 0 Å². The van der Waals surface area contributed by atoms with E-state index in [9.17, 15) is 14.4 Å². The van der Waals surface area contributed by atoms with Crippen LogP contribution in [0.2, 0.25) is 0 Å². The fourth-order valence-corrected chi connectivity index (χ4v) is 6.27. The predicted octanol–water partition coefficient (Wildman–Crippen LogP) is 13.5. The summed E-state index contributed by atoms with van der Waals surface area (Å²) in [5, 5.41) is 11.0. The summed E-state index contributed by atoms with van der Waals surface area (Å²) >= 11 is 0. The first-order valence-electron chi connectivity index (χ1n) is 21.8. The zero-order valence-corrected chi connectivity index (χ0v) is 33.9. The maximum absolute atomic E-state index is 12.7. The average Bonchev–Trinajstić information content (AvgIpc) is 3.13. The molecule has 0 aromatic carbocycles. The van der Waals surface area contributed by atoms with E-state index in [4.69, 9.17) is 9.84 Å². The van der Waals surface area contributed by atoms with E-state index in [1.165, 1.54) is 109 Å². The van der Waals surface area contributed by atoms with Crippen LogP contribution in [0.1, 0.15) is 213 Å². The van der Waals surface area contributed by atoms with Crippen molar-refractivity contribution in [1.82, 2.24) is 5.32 Å². The van der Waals surface area contributed by atoms with E-state index in [-0.39, 0.29) is 24.5 Å². The van der Waals surface area contributed by atoms with Gasteiger partial charge in [0, 0.05) is 12.8 Å². The van der Waals surface area contributed by atoms with Crippen molar-refractivity contribution in [1.29, 1.82) is 0 Å². The normalized spacial score (nSPS) is 12.5. The molecule has 0 saturated carbocycles. The lowest BCUT2D eigenvalue weighted by Gasteiger charge is -2.14. The van der Waals surface area contributed by atoms with E-state index < -0.39 is 5.97 Å². The summed E-state index contributed by atoms with van der Waals surface area (Å²) in [5.74, 6) is -1.30. The number of carboxylic acid groups (broad SMARTS) is 1. The molecule has 2 N–H and O–H groups in total. The third kappa shape index (κ3) is 40.1. The summed E-state index contributed by atoms with van der Waals surface area (Å²) in [5.41, 5.74) is 0. The highest BCUT2D eigenvalue weighted by Gasteiger charge is 2.11. The molecule has 1 atom stereocenters. The van der Waals surface area contributed by atoms with Crippen molar-refractivity contribution in [2.24, 2.45) is 0 Å². The van der Waals surface area contributed by atoms with Gasteiger partial charge in [0.05, 0.1) is 0 Å². The first-order chi connectivity index (χ1) is 25.5. The van der Waals surface area contributed by atoms with Crippen LogP contribution in [0.15, 0.2) is 48.6 Å². The molecule has 6 nitrogen and oxygen atoms in total. The third-order valence-corrected chi connectivity index (χ3v) is 9.47. The van der Waals surface area contributed by atoms with Crippen LogP contribution >= 0.6 is 0 Å². The second-order valence-corrected chi connectivity index (χ2v) is 14.6. The van der Waals surface area contributed by atoms with E-state index in [0.717, 1.165) is 77.0 Å². The molecule has 1 unspecified atom stereocenters. The van der Waals surface area contributed by atoms with E-state index in [1.807, 2.05) is 0 Å². The molecule has 300 valence electrons. The van der Waals surface area contributed by atoms with Crippen molar-refractivity contribution in [3.05, 3.63) is 48.6 Å². The number of hydrogen-bond acceptors (Lipinski definition) is 4. The van der Waals surface area contributed by atoms with Gasteiger partial charge in [-0.25, -0.2) is 0 Å². The molecule has 6 heteroatoms. The molecule has 0 radical (unpaired) electrons. The number of aliphatic carboxylic acids is 1. The number of esters is 1. The van der Waals surface area contributed by atoms with Crippen molar-refractivity contribution in [3.63, 3.8) is 0 Å². The summed E-state index contributed by atoms with van der Waals surface area (Å²) in [6, 6.07) is 0. The van der Waals surface area contributed by atoms with Crippen LogP contribution in [0.5, 0.6) is 0 Å². The Morgan fingerprint density at radius 2 is 1.00 bits per heavy atom. The molecule has 0 bridgehead atoms. The lowest BCUT2D eigenvalue weighted by Crippen LogP contribution is -2.28. The zero-order chi connectivity index (χ0) is 38.0. The van der Waals surface area contributed by atoms with Crippen LogP contribution in [-0.4, -0.2) is 35.6 Å². The number of unbranched alkanes of at least 4 members (excludes halogenated alkanes) is 22. The summed E-state index contributed by atoms with van der Waals surface area (Å²) in [4.78, 5) is 34.9. The van der Waals surface area contributed by atoms with Crippen molar-refractivity contribution >= 4 is 17.8 Å². The summed E-state index contributed by atoms with van der Waals surface area (Å²) in [7, 11) is 0. The van der Waals surface area contributed by atoms with Gasteiger partial charge in [-0.05, 0) is 76.7 Å². The fraction of sp³-hybridized carbons (Fsp3) is 0.761. The molecule has 0 spiro atoms. The molecule has 0 fully saturated rings. The van der Waals surface area contributed by atoms with E-state index in [1.54, 1.807) is 0 Å². The molecular weight excluding hydrogens is 647 g/mol. The predicted molar refractivity (Wildman–Crippen MR) is 222 cm³/mol. The zero-order valence-electron chi connectivity index (χ0n) is 33.9. The number of ether oxygens (including phenoxy) is 1. The van der Waals surface area contributed by atoms with E-state index in [0.29, 0.717) is 12.8 Å². The Labute approximate surface area is 320 Å². The molecule has 0 heterocycles. The van der Waals surface area contributed by atoms with Crippen LogP contribution in [0.25, 0.3) is 0 Å². The fourth-order valence-electron chi connectivity index (χ4n) is 6.27. The molecule has 0 rings (SSSR count). The number of rotatable bonds is 39. The molecule has 0 aromatic heterocycles. The third-order valence-electron chi connectivity index (χ3n) is 9.47. The Bertz CT molecular complexity index is 937. The van der Waals surface area contributed by atoms with Crippen molar-refractivity contribution in [2.75, 3.05) is 6.54 Å². The minimum absolute atomic E-state index is 0.0806. The highest BCUT2D eigenvalue weighted by atomic mass is 16.5. The highest BCUT2D eigenvalue weighted by molar-refractivity contribution is 5.80. The highest BCUT2D eigenvalue weighted by Crippen LogP contribution is 2.16. The summed E-state index contributed by atoms with van der Waals surface area (Å²) in [6.45, 7) is 4.10. The number of amides is 1. The molecule has 0 aromatic rings. The van der Waals surface area contributed by atoms with Gasteiger partial charge in [0.2, 0.25) is 5.91 Å². The van der Waals surface area contributed by atoms with Gasteiger partial charge >= 0.3 is 11.9 Å². The number of allylic oxidation sites excluding steroid dienone is 7. The van der Waals surface area contributed by atoms with E-state index in [2.05, 4.69) is 67.8 Å². The SMILES string of the molecule is CC/C=C\C/C=C\C/C=C\C(CCCCCCCCC(=O)NCC(=O)O)OC(=O)CCCCCCCCCCC/C=C\CCCCCCCCCC. The molecule has 0 aliphatic heterocycles. The van der Waals surface area contributed by atoms with Gasteiger partial charge in [0.1, 0.15) is 12.6 Å². The maximum atomic E-state index is 12.7. The smallest absolute Gasteiger partial charge is 0.322 e. The van der Waals surface area contributed by atoms with Gasteiger partial charge in [0.15, 0.2) is 0 Å². The molecule has 0 aliphatic carbocycles. The lowest BCUT2D eigenvalue weighted by molar-refractivity contribution is -0.147. The maximum Gasteiger partial charge on any atom is 0.322 e. The molecule has 52 heavy (non-hydrogen) atoms. The standard InChI is InChI=1S/C46H81NO5/c1-3-5-7-9-11-13-14-15-16-17-18-19-20-21-22-23-24-25-27-33-37-41-46(51)52-43(38-34-30-26-12-10-8-6-4-2)39-35-31-28-29-32-36-40-44(48)47-42-45(49)50/h6,8,12,17-18,26,34,38,43H,3-5,7,9-11,13-16,19-25,27-33,35-37,39-42H2,1-2H3,(H,47,48)(H,49,50)/b8-6-,18-17-,26-12-,38-34-. The first-order valence-corrected chi connectivity index (χ1v) is 21.8. The van der Waals surface area contributed by atoms with Crippen molar-refractivity contribution < 1.29 is 24.2 Å². The Morgan fingerprint density at radius 1 is 0.538 bits per heavy atom. The van der Waals surface area contributed by atoms with Crippen LogP contribution in [0, 0.1) is 0 Å². The second kappa shape index (κ2) is 41.1. The minimum Gasteiger partial charge on any atom is -0.480 e. The largest absolute Gasteiger partial charge is 0.480 e. The Kier molecular flexibility index (Phi) is 39.1. The average molecular weight is 728 g/mol. The van der Waals surface area contributed by atoms with Gasteiger partial charge < -0.3 is 15.2 Å². The van der Waals surface area contributed by atoms with Crippen molar-refractivity contribution in [2.45, 2.75) is 219 Å². The minimum atomic E-state index is -1.02. The molecule has 1 amide bonds. The second-order valence-electron chi connectivity index (χ2n) is 14.6. The van der Waals surface area contributed by atoms with E-state index >= 15 is 0 Å². The first kappa shape index (κ1) is 49.4. The van der Waals surface area contributed by atoms with Crippen LogP contribution in [-0.2, 0) is 19.1 Å². The topological polar surface area (TPSA) is 92.7 Å². The van der Waals surface area contributed by atoms with Gasteiger partial charge in [-0.3, -0.25) is 14.4 Å². The summed E-state index contributed by atoms with van der Waals surface area (Å²) in [6.07, 6.45) is 52.7. The number of nitrogens with one attached hydrogen (secondary N) is 1. The summed E-state index contributed by atoms with van der Waals surface area (Å²) < 4.78 is 5.91. The van der Waals surface area contributed by atoms with Gasteiger partial charge in [0.25, 0.3) is 0 Å². The molecule has 0 saturated heterocycles. The van der Waals surface area contributed by atoms with Gasteiger partial charge in [-0.15, -0.1) is 0 Å². The van der Waals surface area contributed by atoms with Crippen LogP contribution < -0.4 is 5.32 Å². The number of carboxylic acids is 1. The van der Waals surface area contributed by atoms with Crippen LogP contribution in [0.4, 0.5) is 0 Å². The Balaban J connectivity index is 4.04. The molecule has 0 aliphatic rings. The lowest BCUT2D eigenvalue weighted by atomic mass is 10.0. The van der Waals surface area contributed by atoms with Crippen molar-refractivity contribution in [3.8, 4) is 0 Å². The van der Waals surface area contributed by atoms with Crippen LogP contribution in [0.3, 0.4) is 0 Å². The number of carbonyl (C=O) groups excluding carboxylic acids is 2. The molecular formula is C46H81NO5. The number of hydrogen-bond donors (Lipinski definition) is 2. The van der Waals surface area contributed by atoms with Gasteiger partial charge in [-0.1, -0.05) is 172 Å². The Morgan fingerprint density at radius 3 is 1.54 bits per heavy atom. The Hall–Kier alpha value is -2.63. The monoisotopic (exact) mass is 728 g/mol. The quantitative estimate of drug-likeness (QED) is 0.0373.